The van der Waals surface area contributed by atoms with Crippen molar-refractivity contribution in [3.63, 3.8) is 0 Å². The maximum Gasteiger partial charge on any atom is 0.305 e. The maximum atomic E-state index is 12.4. The van der Waals surface area contributed by atoms with Crippen LogP contribution in [0.4, 0.5) is 0 Å². The number of hydrogen-bond acceptors (Lipinski definition) is 3. The van der Waals surface area contributed by atoms with Gasteiger partial charge in [-0.3, -0.25) is 9.59 Å². The second-order valence-electron chi connectivity index (χ2n) is 5.70. The zero-order valence-corrected chi connectivity index (χ0v) is 10.4. The van der Waals surface area contributed by atoms with Crippen LogP contribution in [0.2, 0.25) is 0 Å². The molecule has 2 saturated carbocycles. The van der Waals surface area contributed by atoms with Gasteiger partial charge in [-0.1, -0.05) is 0 Å². The van der Waals surface area contributed by atoms with Crippen LogP contribution in [0.25, 0.3) is 0 Å². The molecule has 1 aliphatic heterocycles. The number of carbonyl (C=O) groups excluding carboxylic acids is 1. The van der Waals surface area contributed by atoms with E-state index in [9.17, 15) is 9.59 Å². The molecule has 3 fully saturated rings. The first-order chi connectivity index (χ1) is 8.66. The summed E-state index contributed by atoms with van der Waals surface area (Å²) in [6.45, 7) is 1.44. The summed E-state index contributed by atoms with van der Waals surface area (Å²) in [5.74, 6) is 0.843. The third-order valence-corrected chi connectivity index (χ3v) is 4.31. The second kappa shape index (κ2) is 4.53. The first kappa shape index (κ1) is 12.0. The third-order valence-electron chi connectivity index (χ3n) is 4.31. The number of rotatable bonds is 4. The molecular weight excluding hydrogens is 234 g/mol. The number of carboxylic acid groups (broad SMARTS) is 1. The van der Waals surface area contributed by atoms with E-state index in [1.807, 2.05) is 0 Å². The lowest BCUT2D eigenvalue weighted by atomic mass is 10.1. The fraction of sp³-hybridized carbons (Fsp3) is 0.846. The fourth-order valence-electron chi connectivity index (χ4n) is 3.07. The zero-order chi connectivity index (χ0) is 12.7. The summed E-state index contributed by atoms with van der Waals surface area (Å²) in [7, 11) is 0. The van der Waals surface area contributed by atoms with E-state index in [0.717, 1.165) is 12.3 Å². The van der Waals surface area contributed by atoms with Crippen LogP contribution in [-0.4, -0.2) is 47.7 Å². The molecule has 1 N–H and O–H groups in total. The molecule has 0 spiro atoms. The fourth-order valence-corrected chi connectivity index (χ4v) is 3.07. The van der Waals surface area contributed by atoms with Gasteiger partial charge in [0, 0.05) is 12.5 Å². The number of aliphatic carboxylic acids is 1. The summed E-state index contributed by atoms with van der Waals surface area (Å²) >= 11 is 0. The molecule has 100 valence electrons. The minimum Gasteiger partial charge on any atom is -0.481 e. The monoisotopic (exact) mass is 253 g/mol. The molecule has 3 atom stereocenters. The molecule has 0 bridgehead atoms. The first-order valence-corrected chi connectivity index (χ1v) is 6.77. The van der Waals surface area contributed by atoms with Gasteiger partial charge < -0.3 is 14.7 Å². The molecule has 5 heteroatoms. The summed E-state index contributed by atoms with van der Waals surface area (Å²) < 4.78 is 5.29. The largest absolute Gasteiger partial charge is 0.481 e. The number of amides is 1. The van der Waals surface area contributed by atoms with Gasteiger partial charge in [-0.2, -0.15) is 0 Å². The molecule has 2 aliphatic carbocycles. The molecule has 0 aromatic heterocycles. The summed E-state index contributed by atoms with van der Waals surface area (Å²) in [6, 6.07) is -0.274. The standard InChI is InChI=1S/C13H19NO4/c15-12(16)5-9-7-18-4-3-14(9)13(17)11-6-10(11)8-1-2-8/h8-11H,1-7H2,(H,15,16). The van der Waals surface area contributed by atoms with E-state index in [1.54, 1.807) is 4.90 Å². The Morgan fingerprint density at radius 2 is 2.11 bits per heavy atom. The lowest BCUT2D eigenvalue weighted by molar-refractivity contribution is -0.147. The van der Waals surface area contributed by atoms with Crippen molar-refractivity contribution in [2.75, 3.05) is 19.8 Å². The zero-order valence-electron chi connectivity index (χ0n) is 10.4. The van der Waals surface area contributed by atoms with Crippen LogP contribution in [0.1, 0.15) is 25.7 Å². The van der Waals surface area contributed by atoms with Crippen LogP contribution in [0.5, 0.6) is 0 Å². The third kappa shape index (κ3) is 2.36. The van der Waals surface area contributed by atoms with Crippen molar-refractivity contribution < 1.29 is 19.4 Å². The molecule has 3 unspecified atom stereocenters. The summed E-state index contributed by atoms with van der Waals surface area (Å²) in [6.07, 6.45) is 3.55. The molecule has 0 aromatic carbocycles. The predicted octanol–water partition coefficient (Wildman–Crippen LogP) is 0.735. The van der Waals surface area contributed by atoms with Crippen molar-refractivity contribution >= 4 is 11.9 Å². The van der Waals surface area contributed by atoms with Crippen LogP contribution in [0, 0.1) is 17.8 Å². The molecule has 5 nitrogen and oxygen atoms in total. The summed E-state index contributed by atoms with van der Waals surface area (Å²) in [5, 5.41) is 8.88. The van der Waals surface area contributed by atoms with Crippen molar-refractivity contribution in [1.82, 2.24) is 4.90 Å². The highest BCUT2D eigenvalue weighted by Gasteiger charge is 2.53. The van der Waals surface area contributed by atoms with E-state index in [2.05, 4.69) is 0 Å². The van der Waals surface area contributed by atoms with E-state index < -0.39 is 5.97 Å². The Kier molecular flexibility index (Phi) is 3.01. The van der Waals surface area contributed by atoms with Crippen LogP contribution < -0.4 is 0 Å². The number of morpholine rings is 1. The Morgan fingerprint density at radius 3 is 2.78 bits per heavy atom. The van der Waals surface area contributed by atoms with E-state index in [-0.39, 0.29) is 24.3 Å². The van der Waals surface area contributed by atoms with Gasteiger partial charge in [0.15, 0.2) is 0 Å². The molecule has 1 heterocycles. The SMILES string of the molecule is O=C(O)CC1COCCN1C(=O)C1CC1C1CC1. The smallest absolute Gasteiger partial charge is 0.305 e. The van der Waals surface area contributed by atoms with Gasteiger partial charge in [-0.15, -0.1) is 0 Å². The lowest BCUT2D eigenvalue weighted by Gasteiger charge is -2.35. The van der Waals surface area contributed by atoms with Crippen molar-refractivity contribution in [2.45, 2.75) is 31.7 Å². The Bertz CT molecular complexity index is 366. The van der Waals surface area contributed by atoms with Crippen molar-refractivity contribution in [3.8, 4) is 0 Å². The summed E-state index contributed by atoms with van der Waals surface area (Å²) in [4.78, 5) is 24.9. The highest BCUT2D eigenvalue weighted by atomic mass is 16.5. The average molecular weight is 253 g/mol. The van der Waals surface area contributed by atoms with Crippen molar-refractivity contribution in [2.24, 2.45) is 17.8 Å². The number of hydrogen-bond donors (Lipinski definition) is 1. The van der Waals surface area contributed by atoms with Gasteiger partial charge in [0.2, 0.25) is 5.91 Å². The number of ether oxygens (including phenoxy) is 1. The van der Waals surface area contributed by atoms with Gasteiger partial charge in [0.05, 0.1) is 25.7 Å². The van der Waals surface area contributed by atoms with E-state index in [1.165, 1.54) is 12.8 Å². The Hall–Kier alpha value is -1.10. The molecular formula is C13H19NO4. The minimum absolute atomic E-state index is 0.00739. The molecule has 0 aromatic rings. The van der Waals surface area contributed by atoms with Crippen LogP contribution in [0.3, 0.4) is 0 Å². The second-order valence-corrected chi connectivity index (χ2v) is 5.70. The molecule has 1 saturated heterocycles. The van der Waals surface area contributed by atoms with E-state index in [4.69, 9.17) is 9.84 Å². The van der Waals surface area contributed by atoms with Gasteiger partial charge in [0.1, 0.15) is 0 Å². The normalized spacial score (nSPS) is 35.3. The lowest BCUT2D eigenvalue weighted by Crippen LogP contribution is -2.50. The quantitative estimate of drug-likeness (QED) is 0.802. The maximum absolute atomic E-state index is 12.4. The van der Waals surface area contributed by atoms with Gasteiger partial charge >= 0.3 is 5.97 Å². The predicted molar refractivity (Wildman–Crippen MR) is 62.9 cm³/mol. The topological polar surface area (TPSA) is 66.8 Å². The van der Waals surface area contributed by atoms with Gasteiger partial charge in [0.25, 0.3) is 0 Å². The van der Waals surface area contributed by atoms with E-state index in [0.29, 0.717) is 25.7 Å². The van der Waals surface area contributed by atoms with Crippen LogP contribution in [-0.2, 0) is 14.3 Å². The molecule has 18 heavy (non-hydrogen) atoms. The minimum atomic E-state index is -0.863. The molecule has 1 amide bonds. The highest BCUT2D eigenvalue weighted by molar-refractivity contribution is 5.83. The van der Waals surface area contributed by atoms with Crippen LogP contribution >= 0.6 is 0 Å². The van der Waals surface area contributed by atoms with E-state index >= 15 is 0 Å². The first-order valence-electron chi connectivity index (χ1n) is 6.77. The molecule has 3 rings (SSSR count). The summed E-state index contributed by atoms with van der Waals surface area (Å²) in [5.41, 5.74) is 0. The van der Waals surface area contributed by atoms with Gasteiger partial charge in [-0.05, 0) is 31.1 Å². The highest BCUT2D eigenvalue weighted by Crippen LogP contribution is 2.55. The number of nitrogens with zero attached hydrogens (tertiary/aromatic N) is 1. The number of carboxylic acids is 1. The van der Waals surface area contributed by atoms with Crippen molar-refractivity contribution in [3.05, 3.63) is 0 Å². The number of carbonyl (C=O) groups is 2. The Balaban J connectivity index is 1.61. The molecule has 3 aliphatic rings. The van der Waals surface area contributed by atoms with Gasteiger partial charge in [-0.25, -0.2) is 0 Å². The Labute approximate surface area is 106 Å². The van der Waals surface area contributed by atoms with Crippen LogP contribution in [0.15, 0.2) is 0 Å². The van der Waals surface area contributed by atoms with Crippen molar-refractivity contribution in [1.29, 1.82) is 0 Å². The Morgan fingerprint density at radius 1 is 1.33 bits per heavy atom. The average Bonchev–Trinajstić information content (AvgIpc) is 3.18. The molecule has 0 radical (unpaired) electrons.